The number of aliphatic imine (C=N–C) groups is 1. The zero-order valence-corrected chi connectivity index (χ0v) is 24.1. The van der Waals surface area contributed by atoms with Crippen LogP contribution < -0.4 is 5.32 Å². The van der Waals surface area contributed by atoms with Gasteiger partial charge in [-0.25, -0.2) is 4.99 Å². The van der Waals surface area contributed by atoms with E-state index in [9.17, 15) is 0 Å². The summed E-state index contributed by atoms with van der Waals surface area (Å²) in [6.07, 6.45) is 0. The van der Waals surface area contributed by atoms with Crippen LogP contribution in [0.5, 0.6) is 0 Å². The van der Waals surface area contributed by atoms with Gasteiger partial charge in [0.05, 0.1) is 28.6 Å². The fourth-order valence-electron chi connectivity index (χ4n) is 6.28. The molecule has 6 aromatic carbocycles. The number of nitrogens with zero attached hydrogens (tertiary/aromatic N) is 1. The average molecular weight is 544 g/mol. The fourth-order valence-corrected chi connectivity index (χ4v) is 6.28. The van der Waals surface area contributed by atoms with Gasteiger partial charge in [-0.15, -0.1) is 0 Å². The second kappa shape index (κ2) is 10.7. The Bertz CT molecular complexity index is 2150. The van der Waals surface area contributed by atoms with Crippen molar-refractivity contribution in [1.29, 1.82) is 0 Å². The van der Waals surface area contributed by atoms with Crippen LogP contribution >= 0.6 is 0 Å². The summed E-state index contributed by atoms with van der Waals surface area (Å²) < 4.78 is 0. The standard InChI is InChI=1S/C37H27N3.C2H6/c1-23-11-4-2-7-14-25-26(20-19-23)27-15-10-18-32-33(27)34-28(25)21-22-29(36(34)40-32)37-35(24-12-5-3-6-13-24)38-30-16-8-9-17-31(30)39-37;1-2/h2-22,37,39-40H,1H3;1-2H3. The highest BCUT2D eigenvalue weighted by Crippen LogP contribution is 2.45. The summed E-state index contributed by atoms with van der Waals surface area (Å²) in [6.45, 7) is 6.14. The van der Waals surface area contributed by atoms with Crippen molar-refractivity contribution in [2.45, 2.75) is 26.8 Å². The summed E-state index contributed by atoms with van der Waals surface area (Å²) in [4.78, 5) is 9.04. The summed E-state index contributed by atoms with van der Waals surface area (Å²) in [5.41, 5.74) is 8.90. The number of hydrogen-bond acceptors (Lipinski definition) is 2. The second-order valence-corrected chi connectivity index (χ2v) is 10.6. The fraction of sp³-hybridized carbons (Fsp3) is 0.103. The molecule has 2 heterocycles. The van der Waals surface area contributed by atoms with Gasteiger partial charge in [0, 0.05) is 21.9 Å². The Morgan fingerprint density at radius 3 is 2.10 bits per heavy atom. The smallest absolute Gasteiger partial charge is 0.0967 e. The van der Waals surface area contributed by atoms with Crippen molar-refractivity contribution in [2.75, 3.05) is 5.32 Å². The molecule has 0 fully saturated rings. The van der Waals surface area contributed by atoms with Crippen molar-refractivity contribution in [3.63, 3.8) is 0 Å². The number of benzene rings is 5. The van der Waals surface area contributed by atoms with Gasteiger partial charge in [0.15, 0.2) is 0 Å². The number of H-pyrrole nitrogens is 1. The largest absolute Gasteiger partial charge is 0.371 e. The SMILES string of the molecule is CC.Cc1cccccc2c(cc1)c1cccc3[nH]c4c(C5Nc6ccccc6N=C5c5ccccc5)ccc2c4c31. The number of para-hydroxylation sites is 2. The van der Waals surface area contributed by atoms with Crippen LogP contribution in [-0.2, 0) is 0 Å². The lowest BCUT2D eigenvalue weighted by molar-refractivity contribution is 1.02. The zero-order valence-electron chi connectivity index (χ0n) is 24.1. The first-order valence-corrected chi connectivity index (χ1v) is 14.8. The molecule has 0 saturated carbocycles. The highest BCUT2D eigenvalue weighted by Gasteiger charge is 2.28. The van der Waals surface area contributed by atoms with Crippen molar-refractivity contribution in [3.8, 4) is 0 Å². The zero-order chi connectivity index (χ0) is 28.6. The number of aromatic nitrogens is 1. The summed E-state index contributed by atoms with van der Waals surface area (Å²) in [5, 5.41) is 11.4. The molecule has 8 rings (SSSR count). The van der Waals surface area contributed by atoms with Gasteiger partial charge in [-0.2, -0.15) is 0 Å². The minimum Gasteiger partial charge on any atom is -0.371 e. The van der Waals surface area contributed by atoms with Gasteiger partial charge in [0.1, 0.15) is 0 Å². The Kier molecular flexibility index (Phi) is 6.56. The number of nitrogens with one attached hydrogen (secondary N) is 2. The van der Waals surface area contributed by atoms with E-state index in [4.69, 9.17) is 4.99 Å². The lowest BCUT2D eigenvalue weighted by Crippen LogP contribution is -2.25. The maximum absolute atomic E-state index is 5.20. The number of aryl methyl sites for hydroxylation is 1. The molecular formula is C39H33N3. The van der Waals surface area contributed by atoms with Gasteiger partial charge < -0.3 is 10.3 Å². The average Bonchev–Trinajstić information content (AvgIpc) is 3.44. The van der Waals surface area contributed by atoms with Crippen molar-refractivity contribution in [3.05, 3.63) is 144 Å². The van der Waals surface area contributed by atoms with Gasteiger partial charge in [-0.3, -0.25) is 0 Å². The van der Waals surface area contributed by atoms with E-state index in [1.165, 1.54) is 43.4 Å². The van der Waals surface area contributed by atoms with Gasteiger partial charge in [-0.05, 0) is 52.2 Å². The highest BCUT2D eigenvalue weighted by atomic mass is 15.0. The van der Waals surface area contributed by atoms with E-state index in [1.807, 2.05) is 19.9 Å². The molecule has 0 radical (unpaired) electrons. The normalized spacial score (nSPS) is 14.2. The molecule has 204 valence electrons. The van der Waals surface area contributed by atoms with Crippen LogP contribution in [0.2, 0.25) is 0 Å². The van der Waals surface area contributed by atoms with Crippen molar-refractivity contribution < 1.29 is 0 Å². The van der Waals surface area contributed by atoms with E-state index < -0.39 is 0 Å². The highest BCUT2D eigenvalue weighted by molar-refractivity contribution is 6.34. The molecular weight excluding hydrogens is 510 g/mol. The molecule has 0 bridgehead atoms. The Balaban J connectivity index is 0.00000141. The van der Waals surface area contributed by atoms with Gasteiger partial charge in [-0.1, -0.05) is 129 Å². The molecule has 3 heteroatoms. The Hall–Kier alpha value is -5.15. The third-order valence-corrected chi connectivity index (χ3v) is 8.14. The summed E-state index contributed by atoms with van der Waals surface area (Å²) in [5.74, 6) is 0. The van der Waals surface area contributed by atoms with Crippen LogP contribution in [0.1, 0.15) is 36.6 Å². The number of anilines is 1. The number of rotatable bonds is 2. The molecule has 1 unspecified atom stereocenters. The second-order valence-electron chi connectivity index (χ2n) is 10.6. The molecule has 1 aromatic heterocycles. The van der Waals surface area contributed by atoms with E-state index in [-0.39, 0.29) is 6.04 Å². The van der Waals surface area contributed by atoms with Crippen LogP contribution in [-0.4, -0.2) is 10.7 Å². The van der Waals surface area contributed by atoms with E-state index >= 15 is 0 Å². The minimum atomic E-state index is -0.103. The maximum Gasteiger partial charge on any atom is 0.0967 e. The molecule has 1 aliphatic rings. The van der Waals surface area contributed by atoms with Crippen LogP contribution in [0.15, 0.2) is 132 Å². The van der Waals surface area contributed by atoms with Crippen molar-refractivity contribution >= 4 is 60.4 Å². The molecule has 42 heavy (non-hydrogen) atoms. The first kappa shape index (κ1) is 25.8. The van der Waals surface area contributed by atoms with Crippen molar-refractivity contribution in [2.24, 2.45) is 4.99 Å². The molecule has 2 N–H and O–H groups in total. The number of fused-ring (bicyclic) bond motifs is 4. The molecule has 1 atom stereocenters. The van der Waals surface area contributed by atoms with Crippen LogP contribution in [0.25, 0.3) is 43.4 Å². The molecule has 0 saturated heterocycles. The quantitative estimate of drug-likeness (QED) is 0.209. The van der Waals surface area contributed by atoms with Crippen LogP contribution in [0, 0.1) is 6.92 Å². The molecule has 1 aliphatic heterocycles. The molecule has 3 nitrogen and oxygen atoms in total. The van der Waals surface area contributed by atoms with Crippen LogP contribution in [0.4, 0.5) is 11.4 Å². The number of hydrogen-bond donors (Lipinski definition) is 2. The van der Waals surface area contributed by atoms with Gasteiger partial charge in [0.25, 0.3) is 0 Å². The Morgan fingerprint density at radius 1 is 0.571 bits per heavy atom. The summed E-state index contributed by atoms with van der Waals surface area (Å²) in [6, 6.07) is 45.2. The third kappa shape index (κ3) is 4.17. The first-order valence-electron chi connectivity index (χ1n) is 14.8. The van der Waals surface area contributed by atoms with E-state index in [1.54, 1.807) is 0 Å². The lowest BCUT2D eigenvalue weighted by Gasteiger charge is -2.28. The predicted octanol–water partition coefficient (Wildman–Crippen LogP) is 10.8. The van der Waals surface area contributed by atoms with Gasteiger partial charge >= 0.3 is 0 Å². The molecule has 0 aliphatic carbocycles. The van der Waals surface area contributed by atoms with Crippen molar-refractivity contribution in [1.82, 2.24) is 4.98 Å². The summed E-state index contributed by atoms with van der Waals surface area (Å²) in [7, 11) is 0. The van der Waals surface area contributed by atoms with E-state index in [0.29, 0.717) is 0 Å². The Labute approximate surface area is 246 Å². The monoisotopic (exact) mass is 543 g/mol. The first-order chi connectivity index (χ1) is 20.8. The third-order valence-electron chi connectivity index (χ3n) is 8.14. The topological polar surface area (TPSA) is 40.2 Å². The maximum atomic E-state index is 5.20. The molecule has 0 amide bonds. The molecule has 7 aromatic rings. The minimum absolute atomic E-state index is 0.103. The predicted molar refractivity (Wildman–Crippen MR) is 181 cm³/mol. The van der Waals surface area contributed by atoms with Crippen LogP contribution in [0.3, 0.4) is 0 Å². The summed E-state index contributed by atoms with van der Waals surface area (Å²) >= 11 is 0. The van der Waals surface area contributed by atoms with E-state index in [2.05, 4.69) is 139 Å². The Morgan fingerprint density at radius 2 is 1.24 bits per heavy atom. The van der Waals surface area contributed by atoms with Gasteiger partial charge in [0.2, 0.25) is 0 Å². The molecule has 0 spiro atoms. The number of aromatic amines is 1. The van der Waals surface area contributed by atoms with E-state index in [0.717, 1.165) is 33.7 Å². The lowest BCUT2D eigenvalue weighted by atomic mass is 9.89.